The third-order valence-electron chi connectivity index (χ3n) is 1.99. The lowest BCUT2D eigenvalue weighted by Crippen LogP contribution is -2.34. The Balaban J connectivity index is 2.36. The molecule has 0 saturated carbocycles. The molecule has 0 bridgehead atoms. The Morgan fingerprint density at radius 3 is 2.50 bits per heavy atom. The minimum absolute atomic E-state index is 1.13. The maximum absolute atomic E-state index is 4.33. The molecule has 0 aromatic carbocycles. The molecule has 0 aliphatic heterocycles. The van der Waals surface area contributed by atoms with Gasteiger partial charge in [-0.25, -0.2) is 4.98 Å². The minimum Gasteiger partial charge on any atom is -0.244 e. The average Bonchev–Trinajstić information content (AvgIpc) is 2.73. The number of hydrogen-bond donors (Lipinski definition) is 0. The first-order chi connectivity index (χ1) is 6.57. The Kier molecular flexibility index (Phi) is 2.59. The van der Waals surface area contributed by atoms with Gasteiger partial charge in [0, 0.05) is 11.6 Å². The van der Waals surface area contributed by atoms with Crippen molar-refractivity contribution in [3.8, 4) is 9.88 Å². The molecule has 0 spiro atoms. The van der Waals surface area contributed by atoms with E-state index >= 15 is 0 Å². The van der Waals surface area contributed by atoms with E-state index in [2.05, 4.69) is 36.8 Å². The van der Waals surface area contributed by atoms with Crippen molar-refractivity contribution >= 4 is 35.2 Å². The zero-order chi connectivity index (χ0) is 10.2. The third kappa shape index (κ3) is 1.97. The Labute approximate surface area is 93.5 Å². The van der Waals surface area contributed by atoms with Crippen LogP contribution in [-0.2, 0) is 0 Å². The van der Waals surface area contributed by atoms with Gasteiger partial charge in [0.05, 0.1) is 13.0 Å². The highest BCUT2D eigenvalue weighted by atomic mass is 32.1. The lowest BCUT2D eigenvalue weighted by atomic mass is 10.5. The molecule has 0 amide bonds. The quantitative estimate of drug-likeness (QED) is 0.732. The molecular weight excluding hydrogens is 226 g/mol. The molecule has 0 N–H and O–H groups in total. The Hall–Kier alpha value is -0.453. The highest BCUT2D eigenvalue weighted by molar-refractivity contribution is 7.30. The summed E-state index contributed by atoms with van der Waals surface area (Å²) in [5.74, 6) is 0. The molecule has 2 heterocycles. The van der Waals surface area contributed by atoms with Gasteiger partial charge in [-0.15, -0.1) is 22.7 Å². The van der Waals surface area contributed by atoms with Gasteiger partial charge in [0.15, 0.2) is 0 Å². The van der Waals surface area contributed by atoms with E-state index in [1.54, 1.807) is 15.8 Å². The molecule has 1 nitrogen and oxygen atoms in total. The standard InChI is InChI=1S/C10H13NS2Si/c1-14(2,3)9-5-4-8(13-9)10-11-6-7-12-10/h4-7H,1-3H3. The van der Waals surface area contributed by atoms with Crippen LogP contribution in [0.5, 0.6) is 0 Å². The van der Waals surface area contributed by atoms with E-state index in [1.807, 2.05) is 22.9 Å². The lowest BCUT2D eigenvalue weighted by Gasteiger charge is -2.12. The van der Waals surface area contributed by atoms with Gasteiger partial charge in [0.25, 0.3) is 0 Å². The maximum atomic E-state index is 4.33. The van der Waals surface area contributed by atoms with Crippen LogP contribution in [-0.4, -0.2) is 13.1 Å². The summed E-state index contributed by atoms with van der Waals surface area (Å²) < 4.78 is 1.56. The van der Waals surface area contributed by atoms with Crippen molar-refractivity contribution in [2.45, 2.75) is 19.6 Å². The Morgan fingerprint density at radius 1 is 1.21 bits per heavy atom. The molecule has 4 heteroatoms. The first kappa shape index (κ1) is 10.1. The zero-order valence-electron chi connectivity index (χ0n) is 8.57. The normalized spacial score (nSPS) is 11.9. The van der Waals surface area contributed by atoms with E-state index in [0.717, 1.165) is 5.01 Å². The van der Waals surface area contributed by atoms with Crippen molar-refractivity contribution < 1.29 is 0 Å². The Bertz CT molecular complexity index is 412. The van der Waals surface area contributed by atoms with Crippen LogP contribution in [0.2, 0.25) is 19.6 Å². The zero-order valence-corrected chi connectivity index (χ0v) is 11.2. The summed E-state index contributed by atoms with van der Waals surface area (Å²) >= 11 is 3.62. The first-order valence-corrected chi connectivity index (χ1v) is 9.77. The molecule has 0 atom stereocenters. The number of thiophene rings is 1. The summed E-state index contributed by atoms with van der Waals surface area (Å²) in [6.07, 6.45) is 1.87. The van der Waals surface area contributed by atoms with Gasteiger partial charge in [-0.2, -0.15) is 0 Å². The van der Waals surface area contributed by atoms with Gasteiger partial charge in [0.1, 0.15) is 5.01 Å². The number of hydrogen-bond acceptors (Lipinski definition) is 3. The van der Waals surface area contributed by atoms with E-state index in [1.165, 1.54) is 4.88 Å². The molecule has 2 rings (SSSR count). The van der Waals surface area contributed by atoms with E-state index in [0.29, 0.717) is 0 Å². The van der Waals surface area contributed by atoms with E-state index < -0.39 is 8.07 Å². The highest BCUT2D eigenvalue weighted by Gasteiger charge is 2.19. The average molecular weight is 239 g/mol. The van der Waals surface area contributed by atoms with Crippen molar-refractivity contribution in [3.05, 3.63) is 23.7 Å². The van der Waals surface area contributed by atoms with Crippen LogP contribution in [0.3, 0.4) is 0 Å². The van der Waals surface area contributed by atoms with Crippen LogP contribution in [0, 0.1) is 0 Å². The predicted molar refractivity (Wildman–Crippen MR) is 68.4 cm³/mol. The van der Waals surface area contributed by atoms with E-state index in [9.17, 15) is 0 Å². The predicted octanol–water partition coefficient (Wildman–Crippen LogP) is 3.42. The largest absolute Gasteiger partial charge is 0.244 e. The smallest absolute Gasteiger partial charge is 0.133 e. The first-order valence-electron chi connectivity index (χ1n) is 4.57. The summed E-state index contributed by atoms with van der Waals surface area (Å²) in [5.41, 5.74) is 0. The SMILES string of the molecule is C[Si](C)(C)c1ccc(-c2nccs2)s1. The molecule has 2 aromatic heterocycles. The van der Waals surface area contributed by atoms with Gasteiger partial charge in [-0.3, -0.25) is 0 Å². The lowest BCUT2D eigenvalue weighted by molar-refractivity contribution is 1.43. The molecule has 0 radical (unpaired) electrons. The van der Waals surface area contributed by atoms with Crippen LogP contribution in [0.15, 0.2) is 23.7 Å². The van der Waals surface area contributed by atoms with Crippen LogP contribution in [0.4, 0.5) is 0 Å². The number of nitrogens with zero attached hydrogens (tertiary/aromatic N) is 1. The molecular formula is C10H13NS2Si. The molecule has 0 saturated heterocycles. The summed E-state index contributed by atoms with van der Waals surface area (Å²) in [5, 5.41) is 3.18. The highest BCUT2D eigenvalue weighted by Crippen LogP contribution is 2.26. The van der Waals surface area contributed by atoms with Gasteiger partial charge in [-0.1, -0.05) is 25.7 Å². The van der Waals surface area contributed by atoms with Crippen LogP contribution >= 0.6 is 22.7 Å². The van der Waals surface area contributed by atoms with Gasteiger partial charge in [-0.05, 0) is 10.6 Å². The monoisotopic (exact) mass is 239 g/mol. The van der Waals surface area contributed by atoms with Crippen LogP contribution in [0.1, 0.15) is 0 Å². The maximum Gasteiger partial charge on any atom is 0.133 e. The van der Waals surface area contributed by atoms with E-state index in [-0.39, 0.29) is 0 Å². The third-order valence-corrected chi connectivity index (χ3v) is 7.62. The fourth-order valence-electron chi connectivity index (χ4n) is 1.20. The number of aromatic nitrogens is 1. The number of rotatable bonds is 2. The summed E-state index contributed by atoms with van der Waals surface area (Å²) in [6, 6.07) is 4.48. The minimum atomic E-state index is -1.13. The topological polar surface area (TPSA) is 12.9 Å². The second-order valence-corrected chi connectivity index (χ2v) is 11.6. The van der Waals surface area contributed by atoms with Crippen molar-refractivity contribution in [2.75, 3.05) is 0 Å². The fraction of sp³-hybridized carbons (Fsp3) is 0.300. The summed E-state index contributed by atoms with van der Waals surface area (Å²) in [6.45, 7) is 7.14. The molecule has 14 heavy (non-hydrogen) atoms. The molecule has 0 fully saturated rings. The molecule has 74 valence electrons. The molecule has 0 unspecified atom stereocenters. The van der Waals surface area contributed by atoms with Crippen molar-refractivity contribution in [2.24, 2.45) is 0 Å². The molecule has 2 aromatic rings. The van der Waals surface area contributed by atoms with Crippen LogP contribution in [0.25, 0.3) is 9.88 Å². The second kappa shape index (κ2) is 3.60. The summed E-state index contributed by atoms with van der Waals surface area (Å²) in [7, 11) is -1.13. The van der Waals surface area contributed by atoms with Crippen molar-refractivity contribution in [1.82, 2.24) is 4.98 Å². The molecule has 0 aliphatic rings. The Morgan fingerprint density at radius 2 is 2.00 bits per heavy atom. The van der Waals surface area contributed by atoms with Gasteiger partial charge in [0.2, 0.25) is 0 Å². The van der Waals surface area contributed by atoms with Gasteiger partial charge < -0.3 is 0 Å². The number of thiazole rings is 1. The summed E-state index contributed by atoms with van der Waals surface area (Å²) in [4.78, 5) is 5.64. The van der Waals surface area contributed by atoms with E-state index in [4.69, 9.17) is 0 Å². The molecule has 0 aliphatic carbocycles. The fourth-order valence-corrected chi connectivity index (χ4v) is 4.81. The second-order valence-electron chi connectivity index (χ2n) is 4.25. The van der Waals surface area contributed by atoms with Crippen LogP contribution < -0.4 is 4.50 Å². The van der Waals surface area contributed by atoms with Crippen molar-refractivity contribution in [1.29, 1.82) is 0 Å². The van der Waals surface area contributed by atoms with Gasteiger partial charge >= 0.3 is 0 Å². The van der Waals surface area contributed by atoms with Crippen molar-refractivity contribution in [3.63, 3.8) is 0 Å².